The van der Waals surface area contributed by atoms with Crippen LogP contribution in [0.2, 0.25) is 0 Å². The van der Waals surface area contributed by atoms with E-state index >= 15 is 0 Å². The van der Waals surface area contributed by atoms with Crippen LogP contribution in [0.25, 0.3) is 0 Å². The first-order chi connectivity index (χ1) is 7.52. The van der Waals surface area contributed by atoms with E-state index in [2.05, 4.69) is 13.8 Å². The second kappa shape index (κ2) is 6.02. The number of Topliss-reactive ketones (excluding diaryl/α,β-unsaturated/α-hetero) is 1. The van der Waals surface area contributed by atoms with E-state index in [0.717, 1.165) is 32.2 Å². The van der Waals surface area contributed by atoms with Crippen molar-refractivity contribution in [3.8, 4) is 0 Å². The van der Waals surface area contributed by atoms with Crippen molar-refractivity contribution in [3.05, 3.63) is 0 Å². The molecular weight excluding hydrogens is 202 g/mol. The molecule has 3 nitrogen and oxygen atoms in total. The predicted molar refractivity (Wildman–Crippen MR) is 64.1 cm³/mol. The molecule has 0 radical (unpaired) electrons. The molecule has 0 aromatic rings. The van der Waals surface area contributed by atoms with Crippen LogP contribution in [0, 0.1) is 5.92 Å². The molecule has 0 saturated carbocycles. The fraction of sp³-hybridized carbons (Fsp3) is 0.846. The van der Waals surface area contributed by atoms with Gasteiger partial charge in [-0.2, -0.15) is 0 Å². The summed E-state index contributed by atoms with van der Waals surface area (Å²) in [6.45, 7) is 6.65. The highest BCUT2D eigenvalue weighted by Gasteiger charge is 2.31. The summed E-state index contributed by atoms with van der Waals surface area (Å²) < 4.78 is 0. The molecule has 1 saturated heterocycles. The molecule has 0 bridgehead atoms. The standard InChI is InChI=1S/C13H23NO2/c1-10(2)6-4-8-13(16)12-7-5-9-14(12)11(3)15/h10,12H,4-9H2,1-3H3. The van der Waals surface area contributed by atoms with Crippen molar-refractivity contribution in [1.82, 2.24) is 4.90 Å². The SMILES string of the molecule is CC(=O)N1CCCC1C(=O)CCCC(C)C. The molecule has 1 aliphatic rings. The summed E-state index contributed by atoms with van der Waals surface area (Å²) in [5.41, 5.74) is 0. The van der Waals surface area contributed by atoms with Gasteiger partial charge < -0.3 is 4.90 Å². The summed E-state index contributed by atoms with van der Waals surface area (Å²) in [4.78, 5) is 25.0. The molecule has 1 fully saturated rings. The fourth-order valence-electron chi connectivity index (χ4n) is 2.33. The Labute approximate surface area is 98.2 Å². The molecule has 1 rings (SSSR count). The van der Waals surface area contributed by atoms with Crippen LogP contribution in [0.3, 0.4) is 0 Å². The molecule has 1 unspecified atom stereocenters. The maximum Gasteiger partial charge on any atom is 0.220 e. The normalized spacial score (nSPS) is 20.5. The molecule has 1 amide bonds. The largest absolute Gasteiger partial charge is 0.333 e. The Morgan fingerprint density at radius 3 is 2.62 bits per heavy atom. The van der Waals surface area contributed by atoms with Crippen LogP contribution in [0.15, 0.2) is 0 Å². The molecule has 0 aliphatic carbocycles. The van der Waals surface area contributed by atoms with Gasteiger partial charge in [0.15, 0.2) is 5.78 Å². The predicted octanol–water partition coefficient (Wildman–Crippen LogP) is 2.39. The van der Waals surface area contributed by atoms with E-state index in [-0.39, 0.29) is 17.7 Å². The Bertz CT molecular complexity index is 261. The molecule has 3 heteroatoms. The lowest BCUT2D eigenvalue weighted by atomic mass is 10.0. The second-order valence-electron chi connectivity index (χ2n) is 5.12. The molecule has 1 atom stereocenters. The number of amides is 1. The van der Waals surface area contributed by atoms with Crippen LogP contribution in [-0.2, 0) is 9.59 Å². The van der Waals surface area contributed by atoms with E-state index in [1.165, 1.54) is 0 Å². The number of nitrogens with zero attached hydrogens (tertiary/aromatic N) is 1. The lowest BCUT2D eigenvalue weighted by Crippen LogP contribution is -2.39. The molecule has 16 heavy (non-hydrogen) atoms. The van der Waals surface area contributed by atoms with Crippen LogP contribution in [-0.4, -0.2) is 29.2 Å². The monoisotopic (exact) mass is 225 g/mol. The van der Waals surface area contributed by atoms with Crippen molar-refractivity contribution in [2.75, 3.05) is 6.54 Å². The summed E-state index contributed by atoms with van der Waals surface area (Å²) in [5, 5.41) is 0. The molecule has 0 aromatic heterocycles. The van der Waals surface area contributed by atoms with Crippen LogP contribution in [0.1, 0.15) is 52.9 Å². The minimum absolute atomic E-state index is 0.0414. The van der Waals surface area contributed by atoms with E-state index in [9.17, 15) is 9.59 Å². The van der Waals surface area contributed by atoms with Crippen LogP contribution < -0.4 is 0 Å². The fourth-order valence-corrected chi connectivity index (χ4v) is 2.33. The van der Waals surface area contributed by atoms with Gasteiger partial charge in [-0.15, -0.1) is 0 Å². The number of likely N-dealkylation sites (tertiary alicyclic amines) is 1. The molecule has 0 spiro atoms. The first-order valence-corrected chi connectivity index (χ1v) is 6.32. The number of carbonyl (C=O) groups excluding carboxylic acids is 2. The van der Waals surface area contributed by atoms with Gasteiger partial charge in [0.05, 0.1) is 6.04 Å². The van der Waals surface area contributed by atoms with Gasteiger partial charge in [0.25, 0.3) is 0 Å². The van der Waals surface area contributed by atoms with E-state index < -0.39 is 0 Å². The molecular formula is C13H23NO2. The maximum absolute atomic E-state index is 11.9. The highest BCUT2D eigenvalue weighted by Crippen LogP contribution is 2.20. The lowest BCUT2D eigenvalue weighted by Gasteiger charge is -2.22. The van der Waals surface area contributed by atoms with Crippen molar-refractivity contribution in [3.63, 3.8) is 0 Å². The average molecular weight is 225 g/mol. The van der Waals surface area contributed by atoms with Gasteiger partial charge in [0, 0.05) is 19.9 Å². The van der Waals surface area contributed by atoms with Crippen molar-refractivity contribution in [2.24, 2.45) is 5.92 Å². The van der Waals surface area contributed by atoms with Crippen LogP contribution in [0.4, 0.5) is 0 Å². The smallest absolute Gasteiger partial charge is 0.220 e. The first kappa shape index (κ1) is 13.2. The molecule has 1 aliphatic heterocycles. The minimum atomic E-state index is -0.121. The molecule has 0 aromatic carbocycles. The van der Waals surface area contributed by atoms with E-state index in [4.69, 9.17) is 0 Å². The highest BCUT2D eigenvalue weighted by atomic mass is 16.2. The van der Waals surface area contributed by atoms with E-state index in [1.807, 2.05) is 0 Å². The number of carbonyl (C=O) groups is 2. The first-order valence-electron chi connectivity index (χ1n) is 6.32. The Hall–Kier alpha value is -0.860. The number of ketones is 1. The summed E-state index contributed by atoms with van der Waals surface area (Å²) in [6.07, 6.45) is 4.52. The third-order valence-electron chi connectivity index (χ3n) is 3.23. The molecule has 0 N–H and O–H groups in total. The molecule has 1 heterocycles. The summed E-state index contributed by atoms with van der Waals surface area (Å²) in [6, 6.07) is -0.121. The van der Waals surface area contributed by atoms with Gasteiger partial charge in [-0.3, -0.25) is 9.59 Å². The Morgan fingerprint density at radius 2 is 2.06 bits per heavy atom. The summed E-state index contributed by atoms with van der Waals surface area (Å²) >= 11 is 0. The summed E-state index contributed by atoms with van der Waals surface area (Å²) in [7, 11) is 0. The molecule has 92 valence electrons. The third-order valence-corrected chi connectivity index (χ3v) is 3.23. The Balaban J connectivity index is 2.38. The topological polar surface area (TPSA) is 37.4 Å². The van der Waals surface area contributed by atoms with Crippen molar-refractivity contribution in [2.45, 2.75) is 58.9 Å². The zero-order chi connectivity index (χ0) is 12.1. The summed E-state index contributed by atoms with van der Waals surface area (Å²) in [5.74, 6) is 0.952. The van der Waals surface area contributed by atoms with Crippen molar-refractivity contribution >= 4 is 11.7 Å². The Morgan fingerprint density at radius 1 is 1.38 bits per heavy atom. The van der Waals surface area contributed by atoms with Gasteiger partial charge in [0.2, 0.25) is 5.91 Å². The number of hydrogen-bond acceptors (Lipinski definition) is 2. The van der Waals surface area contributed by atoms with Gasteiger partial charge in [-0.25, -0.2) is 0 Å². The number of hydrogen-bond donors (Lipinski definition) is 0. The highest BCUT2D eigenvalue weighted by molar-refractivity contribution is 5.88. The zero-order valence-electron chi connectivity index (χ0n) is 10.7. The van der Waals surface area contributed by atoms with E-state index in [1.54, 1.807) is 11.8 Å². The van der Waals surface area contributed by atoms with Crippen LogP contribution >= 0.6 is 0 Å². The lowest BCUT2D eigenvalue weighted by molar-refractivity contribution is -0.136. The Kier molecular flexibility index (Phi) is 4.97. The zero-order valence-corrected chi connectivity index (χ0v) is 10.7. The quantitative estimate of drug-likeness (QED) is 0.720. The third kappa shape index (κ3) is 3.62. The van der Waals surface area contributed by atoms with Crippen molar-refractivity contribution < 1.29 is 9.59 Å². The number of rotatable bonds is 5. The second-order valence-corrected chi connectivity index (χ2v) is 5.12. The minimum Gasteiger partial charge on any atom is -0.333 e. The van der Waals surface area contributed by atoms with E-state index in [0.29, 0.717) is 12.3 Å². The van der Waals surface area contributed by atoms with Gasteiger partial charge in [-0.05, 0) is 25.2 Å². The van der Waals surface area contributed by atoms with Gasteiger partial charge in [0.1, 0.15) is 0 Å². The average Bonchev–Trinajstić information content (AvgIpc) is 2.65. The van der Waals surface area contributed by atoms with Gasteiger partial charge >= 0.3 is 0 Å². The maximum atomic E-state index is 11.9. The van der Waals surface area contributed by atoms with Crippen molar-refractivity contribution in [1.29, 1.82) is 0 Å². The van der Waals surface area contributed by atoms with Gasteiger partial charge in [-0.1, -0.05) is 20.3 Å². The van der Waals surface area contributed by atoms with Crippen LogP contribution in [0.5, 0.6) is 0 Å².